The van der Waals surface area contributed by atoms with Crippen LogP contribution in [-0.2, 0) is 13.0 Å². The maximum atomic E-state index is 13.0. The van der Waals surface area contributed by atoms with E-state index in [1.165, 1.54) is 0 Å². The number of phenols is 1. The second-order valence-electron chi connectivity index (χ2n) is 7.15. The van der Waals surface area contributed by atoms with Crippen LogP contribution in [0.25, 0.3) is 0 Å². The van der Waals surface area contributed by atoms with Crippen molar-refractivity contribution in [3.05, 3.63) is 89.0 Å². The van der Waals surface area contributed by atoms with Crippen LogP contribution in [0.1, 0.15) is 27.0 Å². The number of carbonyl (C=O) groups is 1. The third-order valence-electron chi connectivity index (χ3n) is 4.92. The molecule has 1 amide bonds. The number of benzene rings is 3. The zero-order valence-corrected chi connectivity index (χ0v) is 16.3. The third kappa shape index (κ3) is 4.35. The summed E-state index contributed by atoms with van der Waals surface area (Å²) in [7, 11) is 1.72. The summed E-state index contributed by atoms with van der Waals surface area (Å²) in [6, 6.07) is 20.9. The summed E-state index contributed by atoms with van der Waals surface area (Å²) in [6.45, 7) is 1.47. The SMILES string of the molecule is CN(Cc1ccc2c(c1)OCCO2)C(=O)c1cc(Cc2ccccc2)ccc1O. The Bertz CT molecular complexity index is 1020. The molecule has 0 fully saturated rings. The van der Waals surface area contributed by atoms with Gasteiger partial charge in [0.25, 0.3) is 5.91 Å². The van der Waals surface area contributed by atoms with Crippen LogP contribution in [0.15, 0.2) is 66.7 Å². The number of aromatic hydroxyl groups is 1. The van der Waals surface area contributed by atoms with E-state index in [4.69, 9.17) is 9.47 Å². The second kappa shape index (κ2) is 8.27. The number of rotatable bonds is 5. The fourth-order valence-corrected chi connectivity index (χ4v) is 3.43. The molecule has 0 unspecified atom stereocenters. The summed E-state index contributed by atoms with van der Waals surface area (Å²) < 4.78 is 11.2. The van der Waals surface area contributed by atoms with Gasteiger partial charge in [0.2, 0.25) is 0 Å². The molecule has 4 rings (SSSR count). The molecule has 0 aliphatic carbocycles. The molecule has 5 heteroatoms. The molecule has 0 bridgehead atoms. The smallest absolute Gasteiger partial charge is 0.257 e. The fourth-order valence-electron chi connectivity index (χ4n) is 3.43. The van der Waals surface area contributed by atoms with Crippen LogP contribution in [0, 0.1) is 0 Å². The average molecular weight is 389 g/mol. The lowest BCUT2D eigenvalue weighted by molar-refractivity contribution is 0.0781. The Morgan fingerprint density at radius 3 is 2.41 bits per heavy atom. The van der Waals surface area contributed by atoms with Crippen LogP contribution in [-0.4, -0.2) is 36.2 Å². The van der Waals surface area contributed by atoms with Crippen molar-refractivity contribution in [3.63, 3.8) is 0 Å². The first kappa shape index (κ1) is 18.9. The Balaban J connectivity index is 1.50. The number of phenolic OH excluding ortho intramolecular Hbond substituents is 1. The van der Waals surface area contributed by atoms with Crippen molar-refractivity contribution in [2.24, 2.45) is 0 Å². The summed E-state index contributed by atoms with van der Waals surface area (Å²) in [5.74, 6) is 1.18. The average Bonchev–Trinajstić information content (AvgIpc) is 2.75. The van der Waals surface area contributed by atoms with Crippen molar-refractivity contribution in [2.75, 3.05) is 20.3 Å². The molecule has 0 aromatic heterocycles. The summed E-state index contributed by atoms with van der Waals surface area (Å²) in [5, 5.41) is 10.3. The molecule has 0 saturated heterocycles. The molecule has 1 heterocycles. The van der Waals surface area contributed by atoms with E-state index in [2.05, 4.69) is 0 Å². The highest BCUT2D eigenvalue weighted by Crippen LogP contribution is 2.31. The van der Waals surface area contributed by atoms with Crippen molar-refractivity contribution in [1.29, 1.82) is 0 Å². The minimum Gasteiger partial charge on any atom is -0.507 e. The number of ether oxygens (including phenoxy) is 2. The Morgan fingerprint density at radius 2 is 1.62 bits per heavy atom. The molecular formula is C24H23NO4. The topological polar surface area (TPSA) is 59.0 Å². The van der Waals surface area contributed by atoms with Gasteiger partial charge in [-0.3, -0.25) is 4.79 Å². The minimum atomic E-state index is -0.229. The van der Waals surface area contributed by atoms with Crippen LogP contribution in [0.2, 0.25) is 0 Å². The number of hydrogen-bond donors (Lipinski definition) is 1. The molecule has 1 aliphatic rings. The minimum absolute atomic E-state index is 0.0131. The largest absolute Gasteiger partial charge is 0.507 e. The van der Waals surface area contributed by atoms with Gasteiger partial charge in [0.15, 0.2) is 11.5 Å². The van der Waals surface area contributed by atoms with E-state index < -0.39 is 0 Å². The van der Waals surface area contributed by atoms with Crippen LogP contribution >= 0.6 is 0 Å². The predicted molar refractivity (Wildman–Crippen MR) is 111 cm³/mol. The van der Waals surface area contributed by atoms with Gasteiger partial charge in [-0.2, -0.15) is 0 Å². The van der Waals surface area contributed by atoms with Crippen molar-refractivity contribution in [2.45, 2.75) is 13.0 Å². The van der Waals surface area contributed by atoms with Crippen LogP contribution < -0.4 is 9.47 Å². The van der Waals surface area contributed by atoms with E-state index in [9.17, 15) is 9.90 Å². The van der Waals surface area contributed by atoms with Gasteiger partial charge in [-0.15, -0.1) is 0 Å². The number of amides is 1. The highest BCUT2D eigenvalue weighted by Gasteiger charge is 2.18. The lowest BCUT2D eigenvalue weighted by Gasteiger charge is -2.21. The zero-order chi connectivity index (χ0) is 20.2. The van der Waals surface area contributed by atoms with Gasteiger partial charge in [-0.1, -0.05) is 42.5 Å². The van der Waals surface area contributed by atoms with Gasteiger partial charge in [0.05, 0.1) is 5.56 Å². The van der Waals surface area contributed by atoms with E-state index in [0.29, 0.717) is 37.5 Å². The number of carbonyl (C=O) groups excluding carboxylic acids is 1. The fraction of sp³-hybridized carbons (Fsp3) is 0.208. The normalized spacial score (nSPS) is 12.4. The van der Waals surface area contributed by atoms with Gasteiger partial charge in [0.1, 0.15) is 19.0 Å². The number of hydrogen-bond acceptors (Lipinski definition) is 4. The number of fused-ring (bicyclic) bond motifs is 1. The first-order valence-corrected chi connectivity index (χ1v) is 9.60. The molecular weight excluding hydrogens is 366 g/mol. The molecule has 0 saturated carbocycles. The molecule has 0 radical (unpaired) electrons. The van der Waals surface area contributed by atoms with Gasteiger partial charge in [-0.25, -0.2) is 0 Å². The molecule has 1 N–H and O–H groups in total. The van der Waals surface area contributed by atoms with E-state index in [1.807, 2.05) is 54.6 Å². The standard InChI is InChI=1S/C24H23NO4/c1-25(16-19-8-10-22-23(15-19)29-12-11-28-22)24(27)20-14-18(7-9-21(20)26)13-17-5-3-2-4-6-17/h2-10,14-15,26H,11-13,16H2,1H3. The Labute approximate surface area is 170 Å². The monoisotopic (exact) mass is 389 g/mol. The quantitative estimate of drug-likeness (QED) is 0.716. The summed E-state index contributed by atoms with van der Waals surface area (Å²) >= 11 is 0. The number of nitrogens with zero attached hydrogens (tertiary/aromatic N) is 1. The lowest BCUT2D eigenvalue weighted by Crippen LogP contribution is -2.26. The first-order chi connectivity index (χ1) is 14.1. The summed E-state index contributed by atoms with van der Waals surface area (Å²) in [4.78, 5) is 14.6. The maximum Gasteiger partial charge on any atom is 0.257 e. The first-order valence-electron chi connectivity index (χ1n) is 9.60. The van der Waals surface area contributed by atoms with Crippen molar-refractivity contribution < 1.29 is 19.4 Å². The Hall–Kier alpha value is -3.47. The molecule has 0 atom stereocenters. The van der Waals surface area contributed by atoms with Gasteiger partial charge in [0, 0.05) is 13.6 Å². The Morgan fingerprint density at radius 1 is 0.897 bits per heavy atom. The third-order valence-corrected chi connectivity index (χ3v) is 4.92. The molecule has 3 aromatic carbocycles. The predicted octanol–water partition coefficient (Wildman–Crippen LogP) is 4.03. The van der Waals surface area contributed by atoms with Crippen molar-refractivity contribution >= 4 is 5.91 Å². The molecule has 5 nitrogen and oxygen atoms in total. The van der Waals surface area contributed by atoms with Gasteiger partial charge < -0.3 is 19.5 Å². The summed E-state index contributed by atoms with van der Waals surface area (Å²) in [6.07, 6.45) is 0.702. The van der Waals surface area contributed by atoms with E-state index in [0.717, 1.165) is 22.4 Å². The van der Waals surface area contributed by atoms with Crippen LogP contribution in [0.4, 0.5) is 0 Å². The van der Waals surface area contributed by atoms with E-state index in [1.54, 1.807) is 24.1 Å². The lowest BCUT2D eigenvalue weighted by atomic mass is 10.0. The van der Waals surface area contributed by atoms with Crippen molar-refractivity contribution in [1.82, 2.24) is 4.90 Å². The summed E-state index contributed by atoms with van der Waals surface area (Å²) in [5.41, 5.74) is 3.37. The maximum absolute atomic E-state index is 13.0. The van der Waals surface area contributed by atoms with Crippen molar-refractivity contribution in [3.8, 4) is 17.2 Å². The van der Waals surface area contributed by atoms with E-state index in [-0.39, 0.29) is 11.7 Å². The van der Waals surface area contributed by atoms with E-state index >= 15 is 0 Å². The highest BCUT2D eigenvalue weighted by molar-refractivity contribution is 5.96. The molecule has 1 aliphatic heterocycles. The zero-order valence-electron chi connectivity index (χ0n) is 16.3. The molecule has 0 spiro atoms. The van der Waals surface area contributed by atoms with Crippen LogP contribution in [0.3, 0.4) is 0 Å². The second-order valence-corrected chi connectivity index (χ2v) is 7.15. The van der Waals surface area contributed by atoms with Gasteiger partial charge in [-0.05, 0) is 47.4 Å². The molecule has 3 aromatic rings. The molecule has 148 valence electrons. The van der Waals surface area contributed by atoms with Crippen LogP contribution in [0.5, 0.6) is 17.2 Å². The Kier molecular flexibility index (Phi) is 5.38. The highest BCUT2D eigenvalue weighted by atomic mass is 16.6. The molecule has 29 heavy (non-hydrogen) atoms. The van der Waals surface area contributed by atoms with Gasteiger partial charge >= 0.3 is 0 Å².